The van der Waals surface area contributed by atoms with Gasteiger partial charge in [-0.3, -0.25) is 0 Å². The Balaban J connectivity index is 1.95. The summed E-state index contributed by atoms with van der Waals surface area (Å²) in [6, 6.07) is 1.71. The number of aliphatic hydroxyl groups is 1. The van der Waals surface area contributed by atoms with Crippen molar-refractivity contribution in [3.05, 3.63) is 17.0 Å². The number of halogens is 1. The topological polar surface area (TPSA) is 67.3 Å². The fourth-order valence-corrected chi connectivity index (χ4v) is 2.81. The summed E-state index contributed by atoms with van der Waals surface area (Å²) < 4.78 is 5.01. The summed E-state index contributed by atoms with van der Waals surface area (Å²) in [5, 5.41) is 13.0. The van der Waals surface area contributed by atoms with Gasteiger partial charge in [0.05, 0.1) is 0 Å². The van der Waals surface area contributed by atoms with E-state index in [0.29, 0.717) is 29.4 Å². The Hall–Kier alpha value is -0.910. The molecule has 0 aliphatic heterocycles. The standard InChI is InChI=1S/C13H20ClN3O2/c1-19-8-13-16-11(14)5-12(17-13)15-6-9-3-2-4-10(9)7-18/h5,9-10,18H,2-4,6-8H2,1H3,(H,15,16,17). The molecule has 2 rings (SSSR count). The predicted molar refractivity (Wildman–Crippen MR) is 74.2 cm³/mol. The fraction of sp³-hybridized carbons (Fsp3) is 0.692. The van der Waals surface area contributed by atoms with Gasteiger partial charge in [0, 0.05) is 26.3 Å². The van der Waals surface area contributed by atoms with Gasteiger partial charge in [-0.15, -0.1) is 0 Å². The first-order chi connectivity index (χ1) is 9.22. The lowest BCUT2D eigenvalue weighted by Gasteiger charge is -2.18. The van der Waals surface area contributed by atoms with E-state index in [0.717, 1.165) is 25.2 Å². The first-order valence-electron chi connectivity index (χ1n) is 6.60. The van der Waals surface area contributed by atoms with Gasteiger partial charge in [-0.05, 0) is 24.7 Å². The van der Waals surface area contributed by atoms with Crippen LogP contribution in [0.15, 0.2) is 6.07 Å². The number of hydrogen-bond acceptors (Lipinski definition) is 5. The number of nitrogens with zero attached hydrogens (tertiary/aromatic N) is 2. The van der Waals surface area contributed by atoms with Crippen LogP contribution in [0.5, 0.6) is 0 Å². The van der Waals surface area contributed by atoms with Crippen LogP contribution >= 0.6 is 11.6 Å². The minimum atomic E-state index is 0.270. The molecule has 2 N–H and O–H groups in total. The third kappa shape index (κ3) is 4.03. The monoisotopic (exact) mass is 285 g/mol. The highest BCUT2D eigenvalue weighted by molar-refractivity contribution is 6.29. The molecule has 0 saturated heterocycles. The van der Waals surface area contributed by atoms with Crippen molar-refractivity contribution in [2.45, 2.75) is 25.9 Å². The minimum Gasteiger partial charge on any atom is -0.396 e. The Morgan fingerprint density at radius 1 is 1.42 bits per heavy atom. The van der Waals surface area contributed by atoms with Gasteiger partial charge in [0.15, 0.2) is 5.82 Å². The summed E-state index contributed by atoms with van der Waals surface area (Å²) in [5.74, 6) is 2.20. The minimum absolute atomic E-state index is 0.270. The molecular weight excluding hydrogens is 266 g/mol. The van der Waals surface area contributed by atoms with Crippen molar-refractivity contribution < 1.29 is 9.84 Å². The molecule has 1 aliphatic rings. The van der Waals surface area contributed by atoms with Gasteiger partial charge >= 0.3 is 0 Å². The smallest absolute Gasteiger partial charge is 0.158 e. The van der Waals surface area contributed by atoms with Gasteiger partial charge in [-0.1, -0.05) is 18.0 Å². The molecule has 6 heteroatoms. The Labute approximate surface area is 118 Å². The molecule has 19 heavy (non-hydrogen) atoms. The average Bonchev–Trinajstić information content (AvgIpc) is 2.83. The third-order valence-electron chi connectivity index (χ3n) is 3.61. The molecule has 1 aliphatic carbocycles. The van der Waals surface area contributed by atoms with Crippen LogP contribution in [-0.2, 0) is 11.3 Å². The van der Waals surface area contributed by atoms with E-state index >= 15 is 0 Å². The number of methoxy groups -OCH3 is 1. The highest BCUT2D eigenvalue weighted by Gasteiger charge is 2.26. The zero-order valence-corrected chi connectivity index (χ0v) is 11.9. The second-order valence-electron chi connectivity index (χ2n) is 4.94. The zero-order valence-electron chi connectivity index (χ0n) is 11.1. The molecular formula is C13H20ClN3O2. The van der Waals surface area contributed by atoms with Gasteiger partial charge < -0.3 is 15.2 Å². The van der Waals surface area contributed by atoms with E-state index in [1.165, 1.54) is 6.42 Å². The predicted octanol–water partition coefficient (Wildman–Crippen LogP) is 2.10. The molecule has 2 atom stereocenters. The van der Waals surface area contributed by atoms with E-state index in [1.807, 2.05) is 0 Å². The van der Waals surface area contributed by atoms with Crippen molar-refractivity contribution in [3.63, 3.8) is 0 Å². The summed E-state index contributed by atoms with van der Waals surface area (Å²) >= 11 is 5.95. The Morgan fingerprint density at radius 2 is 2.21 bits per heavy atom. The van der Waals surface area contributed by atoms with Crippen LogP contribution < -0.4 is 5.32 Å². The molecule has 106 valence electrons. The van der Waals surface area contributed by atoms with Crippen molar-refractivity contribution in [1.29, 1.82) is 0 Å². The number of rotatable bonds is 6. The average molecular weight is 286 g/mol. The van der Waals surface area contributed by atoms with Crippen LogP contribution in [0.25, 0.3) is 0 Å². The molecule has 5 nitrogen and oxygen atoms in total. The second-order valence-corrected chi connectivity index (χ2v) is 5.33. The number of hydrogen-bond donors (Lipinski definition) is 2. The first-order valence-corrected chi connectivity index (χ1v) is 6.98. The van der Waals surface area contributed by atoms with Gasteiger partial charge in [-0.2, -0.15) is 0 Å². The van der Waals surface area contributed by atoms with E-state index < -0.39 is 0 Å². The number of ether oxygens (including phenoxy) is 1. The van der Waals surface area contributed by atoms with Crippen LogP contribution in [0, 0.1) is 11.8 Å². The van der Waals surface area contributed by atoms with E-state index in [1.54, 1.807) is 13.2 Å². The summed E-state index contributed by atoms with van der Waals surface area (Å²) in [6.45, 7) is 1.43. The Morgan fingerprint density at radius 3 is 2.95 bits per heavy atom. The van der Waals surface area contributed by atoms with E-state index in [-0.39, 0.29) is 6.61 Å². The van der Waals surface area contributed by atoms with E-state index in [4.69, 9.17) is 16.3 Å². The summed E-state index contributed by atoms with van der Waals surface area (Å²) in [4.78, 5) is 8.42. The Kier molecular flexibility index (Phi) is 5.36. The molecule has 1 aromatic rings. The molecule has 1 saturated carbocycles. The maximum atomic E-state index is 9.30. The van der Waals surface area contributed by atoms with Crippen LogP contribution in [0.2, 0.25) is 5.15 Å². The van der Waals surface area contributed by atoms with Crippen LogP contribution in [0.3, 0.4) is 0 Å². The maximum Gasteiger partial charge on any atom is 0.158 e. The second kappa shape index (κ2) is 7.03. The summed E-state index contributed by atoms with van der Waals surface area (Å²) in [6.07, 6.45) is 3.46. The molecule has 1 fully saturated rings. The lowest BCUT2D eigenvalue weighted by molar-refractivity contribution is 0.178. The molecule has 0 bridgehead atoms. The molecule has 0 amide bonds. The normalized spacial score (nSPS) is 22.7. The molecule has 1 heterocycles. The summed E-state index contributed by atoms with van der Waals surface area (Å²) in [7, 11) is 1.60. The van der Waals surface area contributed by atoms with Crippen molar-refractivity contribution in [1.82, 2.24) is 9.97 Å². The van der Waals surface area contributed by atoms with Gasteiger partial charge in [0.1, 0.15) is 17.6 Å². The first kappa shape index (κ1) is 14.5. The van der Waals surface area contributed by atoms with Crippen LogP contribution in [-0.4, -0.2) is 35.3 Å². The molecule has 0 spiro atoms. The lowest BCUT2D eigenvalue weighted by atomic mass is 9.97. The molecule has 2 unspecified atom stereocenters. The highest BCUT2D eigenvalue weighted by atomic mass is 35.5. The quantitative estimate of drug-likeness (QED) is 0.784. The number of anilines is 1. The van der Waals surface area contributed by atoms with Gasteiger partial charge in [0.25, 0.3) is 0 Å². The third-order valence-corrected chi connectivity index (χ3v) is 3.80. The molecule has 1 aromatic heterocycles. The number of nitrogens with one attached hydrogen (secondary N) is 1. The zero-order chi connectivity index (χ0) is 13.7. The lowest BCUT2D eigenvalue weighted by Crippen LogP contribution is -2.21. The van der Waals surface area contributed by atoms with Crippen LogP contribution in [0.4, 0.5) is 5.82 Å². The van der Waals surface area contributed by atoms with E-state index in [9.17, 15) is 5.11 Å². The van der Waals surface area contributed by atoms with Crippen molar-refractivity contribution in [3.8, 4) is 0 Å². The fourth-order valence-electron chi connectivity index (χ4n) is 2.61. The van der Waals surface area contributed by atoms with E-state index in [2.05, 4.69) is 15.3 Å². The molecule has 0 radical (unpaired) electrons. The summed E-state index contributed by atoms with van der Waals surface area (Å²) in [5.41, 5.74) is 0. The maximum absolute atomic E-state index is 9.30. The highest BCUT2D eigenvalue weighted by Crippen LogP contribution is 2.31. The van der Waals surface area contributed by atoms with Gasteiger partial charge in [0.2, 0.25) is 0 Å². The van der Waals surface area contributed by atoms with Gasteiger partial charge in [-0.25, -0.2) is 9.97 Å². The largest absolute Gasteiger partial charge is 0.396 e. The van der Waals surface area contributed by atoms with Crippen molar-refractivity contribution >= 4 is 17.4 Å². The van der Waals surface area contributed by atoms with Crippen LogP contribution in [0.1, 0.15) is 25.1 Å². The van der Waals surface area contributed by atoms with Crippen molar-refractivity contribution in [2.75, 3.05) is 25.6 Å². The Bertz CT molecular complexity index is 417. The number of aliphatic hydroxyl groups excluding tert-OH is 1. The molecule has 0 aromatic carbocycles. The SMILES string of the molecule is COCc1nc(Cl)cc(NCC2CCCC2CO)n1. The number of aromatic nitrogens is 2. The van der Waals surface area contributed by atoms with Crippen molar-refractivity contribution in [2.24, 2.45) is 11.8 Å².